The number of amides is 1. The van der Waals surface area contributed by atoms with E-state index in [0.29, 0.717) is 28.1 Å². The van der Waals surface area contributed by atoms with Gasteiger partial charge in [0.05, 0.1) is 4.90 Å². The fourth-order valence-corrected chi connectivity index (χ4v) is 4.07. The monoisotopic (exact) mass is 446 g/mol. The summed E-state index contributed by atoms with van der Waals surface area (Å²) in [6, 6.07) is 13.0. The van der Waals surface area contributed by atoms with Crippen molar-refractivity contribution in [2.24, 2.45) is 0 Å². The lowest BCUT2D eigenvalue weighted by Crippen LogP contribution is -2.24. The standard InChI is InChI=1S/C26H26N2O3S/c1-6-8-13-19(3)21(5)24(12-7-2)27-26(29)22-17-16-20(4)25(18-22)32(30,31)28-23-14-10-9-11-15-23/h6-18,28H,1-3,5H2,4H3,(H,27,29)/b13-8-,24-12+. The van der Waals surface area contributed by atoms with Gasteiger partial charge in [0.15, 0.2) is 0 Å². The van der Waals surface area contributed by atoms with Gasteiger partial charge in [0, 0.05) is 16.9 Å². The number of allylic oxidation sites excluding steroid dienone is 6. The Bertz CT molecular complexity index is 1220. The third-order valence-corrected chi connectivity index (χ3v) is 5.97. The van der Waals surface area contributed by atoms with Crippen LogP contribution in [0.15, 0.2) is 127 Å². The Balaban J connectivity index is 2.32. The molecule has 2 aromatic carbocycles. The van der Waals surface area contributed by atoms with Gasteiger partial charge < -0.3 is 5.32 Å². The summed E-state index contributed by atoms with van der Waals surface area (Å²) in [6.07, 6.45) is 8.13. The number of aryl methyl sites for hydroxylation is 1. The van der Waals surface area contributed by atoms with Gasteiger partial charge in [-0.15, -0.1) is 0 Å². The van der Waals surface area contributed by atoms with Crippen LogP contribution in [0.2, 0.25) is 0 Å². The highest BCUT2D eigenvalue weighted by Crippen LogP contribution is 2.22. The minimum Gasteiger partial charge on any atom is -0.321 e. The summed E-state index contributed by atoms with van der Waals surface area (Å²) in [7, 11) is -3.89. The number of hydrogen-bond acceptors (Lipinski definition) is 3. The first kappa shape index (κ1) is 24.4. The van der Waals surface area contributed by atoms with Gasteiger partial charge in [0.1, 0.15) is 0 Å². The second kappa shape index (κ2) is 10.9. The molecule has 0 saturated heterocycles. The van der Waals surface area contributed by atoms with E-state index in [2.05, 4.69) is 36.4 Å². The highest BCUT2D eigenvalue weighted by Gasteiger charge is 2.20. The molecule has 5 nitrogen and oxygen atoms in total. The maximum atomic E-state index is 12.9. The molecule has 0 atom stereocenters. The van der Waals surface area contributed by atoms with Gasteiger partial charge in [0.2, 0.25) is 0 Å². The second-order valence-corrected chi connectivity index (χ2v) is 8.47. The first-order valence-electron chi connectivity index (χ1n) is 9.70. The molecule has 2 rings (SSSR count). The zero-order valence-corrected chi connectivity index (χ0v) is 18.8. The van der Waals surface area contributed by atoms with Crippen LogP contribution < -0.4 is 10.0 Å². The normalized spacial score (nSPS) is 11.6. The van der Waals surface area contributed by atoms with Crippen molar-refractivity contribution in [2.45, 2.75) is 11.8 Å². The third-order valence-electron chi connectivity index (χ3n) is 4.44. The maximum Gasteiger partial charge on any atom is 0.262 e. The second-order valence-electron chi connectivity index (χ2n) is 6.82. The lowest BCUT2D eigenvalue weighted by atomic mass is 10.0. The van der Waals surface area contributed by atoms with Crippen molar-refractivity contribution >= 4 is 21.6 Å². The van der Waals surface area contributed by atoms with Gasteiger partial charge in [-0.3, -0.25) is 9.52 Å². The van der Waals surface area contributed by atoms with Crippen molar-refractivity contribution in [1.82, 2.24) is 5.32 Å². The lowest BCUT2D eigenvalue weighted by Gasteiger charge is -2.15. The molecule has 6 heteroatoms. The topological polar surface area (TPSA) is 75.3 Å². The zero-order valence-electron chi connectivity index (χ0n) is 18.0. The Morgan fingerprint density at radius 1 is 1.00 bits per heavy atom. The Labute approximate surface area is 189 Å². The molecule has 1 amide bonds. The van der Waals surface area contributed by atoms with E-state index in [4.69, 9.17) is 0 Å². The quantitative estimate of drug-likeness (QED) is 0.477. The van der Waals surface area contributed by atoms with Crippen molar-refractivity contribution in [3.8, 4) is 0 Å². The predicted octanol–water partition coefficient (Wildman–Crippen LogP) is 5.45. The summed E-state index contributed by atoms with van der Waals surface area (Å²) in [6.45, 7) is 16.8. The first-order chi connectivity index (χ1) is 15.2. The molecular formula is C26H26N2O3S. The van der Waals surface area contributed by atoms with Gasteiger partial charge in [-0.2, -0.15) is 0 Å². The van der Waals surface area contributed by atoms with Crippen molar-refractivity contribution in [1.29, 1.82) is 0 Å². The van der Waals surface area contributed by atoms with Gasteiger partial charge in [0.25, 0.3) is 15.9 Å². The molecule has 0 bridgehead atoms. The van der Waals surface area contributed by atoms with Gasteiger partial charge >= 0.3 is 0 Å². The van der Waals surface area contributed by atoms with Crippen molar-refractivity contribution < 1.29 is 13.2 Å². The number of anilines is 1. The van der Waals surface area contributed by atoms with Gasteiger partial charge in [-0.1, -0.05) is 74.9 Å². The number of carbonyl (C=O) groups excluding carboxylic acids is 1. The Hall–Kier alpha value is -3.90. The molecule has 0 aromatic heterocycles. The van der Waals surface area contributed by atoms with E-state index in [9.17, 15) is 13.2 Å². The summed E-state index contributed by atoms with van der Waals surface area (Å²) in [4.78, 5) is 12.9. The maximum absolute atomic E-state index is 12.9. The van der Waals surface area contributed by atoms with E-state index in [0.717, 1.165) is 0 Å². The van der Waals surface area contributed by atoms with Crippen LogP contribution in [0.1, 0.15) is 15.9 Å². The third kappa shape index (κ3) is 6.30. The van der Waals surface area contributed by atoms with Crippen LogP contribution in [-0.4, -0.2) is 14.3 Å². The van der Waals surface area contributed by atoms with E-state index in [1.807, 2.05) is 0 Å². The molecule has 2 aromatic rings. The Morgan fingerprint density at radius 2 is 1.69 bits per heavy atom. The van der Waals surface area contributed by atoms with Gasteiger partial charge in [-0.05, 0) is 54.0 Å². The summed E-state index contributed by atoms with van der Waals surface area (Å²) < 4.78 is 28.4. The summed E-state index contributed by atoms with van der Waals surface area (Å²) in [5, 5.41) is 2.75. The highest BCUT2D eigenvalue weighted by atomic mass is 32.2. The fourth-order valence-electron chi connectivity index (χ4n) is 2.73. The Kier molecular flexibility index (Phi) is 8.32. The molecule has 0 aliphatic carbocycles. The van der Waals surface area contributed by atoms with E-state index >= 15 is 0 Å². The predicted molar refractivity (Wildman–Crippen MR) is 132 cm³/mol. The average Bonchev–Trinajstić information content (AvgIpc) is 2.77. The van der Waals surface area contributed by atoms with Crippen LogP contribution in [0.5, 0.6) is 0 Å². The number of nitrogens with one attached hydrogen (secondary N) is 2. The van der Waals surface area contributed by atoms with Crippen molar-refractivity contribution in [2.75, 3.05) is 4.72 Å². The smallest absolute Gasteiger partial charge is 0.262 e. The van der Waals surface area contributed by atoms with Crippen LogP contribution >= 0.6 is 0 Å². The number of carbonyl (C=O) groups is 1. The fraction of sp³-hybridized carbons (Fsp3) is 0.0385. The van der Waals surface area contributed by atoms with E-state index in [-0.39, 0.29) is 10.5 Å². The molecule has 0 aliphatic heterocycles. The minimum absolute atomic E-state index is 0.0143. The highest BCUT2D eigenvalue weighted by molar-refractivity contribution is 7.92. The molecule has 32 heavy (non-hydrogen) atoms. The van der Waals surface area contributed by atoms with Crippen LogP contribution in [0.25, 0.3) is 0 Å². The molecule has 0 aliphatic rings. The summed E-state index contributed by atoms with van der Waals surface area (Å²) >= 11 is 0. The van der Waals surface area contributed by atoms with Gasteiger partial charge in [-0.25, -0.2) is 8.42 Å². The summed E-state index contributed by atoms with van der Waals surface area (Å²) in [5.74, 6) is -0.490. The molecule has 0 spiro atoms. The molecule has 2 N–H and O–H groups in total. The number of sulfonamides is 1. The number of rotatable bonds is 10. The molecule has 164 valence electrons. The van der Waals surface area contributed by atoms with Crippen LogP contribution in [0.4, 0.5) is 5.69 Å². The van der Waals surface area contributed by atoms with Crippen LogP contribution in [-0.2, 0) is 10.0 Å². The van der Waals surface area contributed by atoms with Crippen molar-refractivity contribution in [3.63, 3.8) is 0 Å². The first-order valence-corrected chi connectivity index (χ1v) is 11.2. The molecule has 0 fully saturated rings. The number of benzene rings is 2. The zero-order chi connectivity index (χ0) is 23.7. The molecule has 0 saturated carbocycles. The van der Waals surface area contributed by atoms with E-state index in [1.165, 1.54) is 12.1 Å². The van der Waals surface area contributed by atoms with Crippen molar-refractivity contribution in [3.05, 3.63) is 133 Å². The SMILES string of the molecule is C=C/C=C\C(=C)C(=C)/C(=C\C=C)NC(=O)c1ccc(C)c(S(=O)(=O)Nc2ccccc2)c1. The molecule has 0 unspecified atom stereocenters. The largest absolute Gasteiger partial charge is 0.321 e. The van der Waals surface area contributed by atoms with Crippen LogP contribution in [0.3, 0.4) is 0 Å². The average molecular weight is 447 g/mol. The van der Waals surface area contributed by atoms with E-state index < -0.39 is 15.9 Å². The number of para-hydroxylation sites is 1. The molecular weight excluding hydrogens is 420 g/mol. The number of hydrogen-bond donors (Lipinski definition) is 2. The molecule has 0 radical (unpaired) electrons. The molecule has 0 heterocycles. The summed E-state index contributed by atoms with van der Waals surface area (Å²) in [5.41, 5.74) is 2.59. The van der Waals surface area contributed by atoms with E-state index in [1.54, 1.807) is 73.7 Å². The lowest BCUT2D eigenvalue weighted by molar-refractivity contribution is 0.0966. The minimum atomic E-state index is -3.89. The Morgan fingerprint density at radius 3 is 2.31 bits per heavy atom. The van der Waals surface area contributed by atoms with Crippen LogP contribution in [0, 0.1) is 6.92 Å².